The first-order chi connectivity index (χ1) is 11.7. The molecule has 1 aromatic rings. The third-order valence-corrected chi connectivity index (χ3v) is 5.23. The Morgan fingerprint density at radius 3 is 1.54 bits per heavy atom. The van der Waals surface area contributed by atoms with E-state index in [4.69, 9.17) is 0 Å². The van der Waals surface area contributed by atoms with Crippen LogP contribution in [0.5, 0.6) is 0 Å². The molecule has 0 aliphatic rings. The van der Waals surface area contributed by atoms with Gasteiger partial charge in [-0.1, -0.05) is 101 Å². The zero-order chi connectivity index (χ0) is 17.5. The molecule has 0 spiro atoms. The van der Waals surface area contributed by atoms with Crippen molar-refractivity contribution in [3.8, 4) is 0 Å². The number of benzene rings is 1. The fourth-order valence-electron chi connectivity index (χ4n) is 3.43. The molecule has 0 saturated heterocycles. The van der Waals surface area contributed by atoms with E-state index in [0.717, 1.165) is 0 Å². The van der Waals surface area contributed by atoms with Gasteiger partial charge in [-0.05, 0) is 26.7 Å². The molecule has 0 atom stereocenters. The van der Waals surface area contributed by atoms with Crippen LogP contribution in [-0.4, -0.2) is 6.54 Å². The zero-order valence-corrected chi connectivity index (χ0v) is 18.9. The van der Waals surface area contributed by atoms with Crippen LogP contribution in [0.1, 0.15) is 103 Å². The Balaban J connectivity index is 0. The van der Waals surface area contributed by atoms with Crippen molar-refractivity contribution in [1.29, 1.82) is 0 Å². The topological polar surface area (TPSA) is 16.6 Å². The number of hydrogen-bond acceptors (Lipinski definition) is 0. The number of quaternary nitrogens is 1. The highest BCUT2D eigenvalue weighted by atomic mass is 35.5. The predicted molar refractivity (Wildman–Crippen MR) is 107 cm³/mol. The van der Waals surface area contributed by atoms with Gasteiger partial charge in [0.05, 0.1) is 6.54 Å². The SMILES string of the molecule is CCCCCCCCCCCCCC[NH2+]C(C)(C)c1ccccc1.[Cl-].[Cl-]. The van der Waals surface area contributed by atoms with Crippen molar-refractivity contribution in [2.24, 2.45) is 0 Å². The number of rotatable bonds is 15. The molecular weight excluding hydrogens is 361 g/mol. The smallest absolute Gasteiger partial charge is 0.116 e. The van der Waals surface area contributed by atoms with Gasteiger partial charge in [-0.2, -0.15) is 0 Å². The summed E-state index contributed by atoms with van der Waals surface area (Å²) < 4.78 is 0. The highest BCUT2D eigenvalue weighted by Crippen LogP contribution is 2.15. The van der Waals surface area contributed by atoms with Gasteiger partial charge in [-0.15, -0.1) is 0 Å². The average Bonchev–Trinajstić information content (AvgIpc) is 2.60. The summed E-state index contributed by atoms with van der Waals surface area (Å²) in [5.41, 5.74) is 1.64. The number of hydrogen-bond donors (Lipinski definition) is 1. The van der Waals surface area contributed by atoms with E-state index >= 15 is 0 Å². The third kappa shape index (κ3) is 13.9. The van der Waals surface area contributed by atoms with Crippen LogP contribution < -0.4 is 30.1 Å². The minimum atomic E-state index is 0. The van der Waals surface area contributed by atoms with Gasteiger partial charge in [0.25, 0.3) is 0 Å². The molecule has 0 amide bonds. The van der Waals surface area contributed by atoms with E-state index in [-0.39, 0.29) is 30.4 Å². The highest BCUT2D eigenvalue weighted by molar-refractivity contribution is 5.19. The molecule has 2 N–H and O–H groups in total. The Labute approximate surface area is 175 Å². The van der Waals surface area contributed by atoms with Crippen molar-refractivity contribution in [3.63, 3.8) is 0 Å². The monoisotopic (exact) mass is 402 g/mol. The van der Waals surface area contributed by atoms with Crippen LogP contribution in [-0.2, 0) is 5.54 Å². The van der Waals surface area contributed by atoms with Gasteiger partial charge in [-0.25, -0.2) is 0 Å². The van der Waals surface area contributed by atoms with Crippen LogP contribution in [0.15, 0.2) is 30.3 Å². The molecule has 1 aromatic carbocycles. The Morgan fingerprint density at radius 1 is 0.654 bits per heavy atom. The van der Waals surface area contributed by atoms with E-state index < -0.39 is 0 Å². The standard InChI is InChI=1S/C23H41N.2ClH/c1-4-5-6-7-8-9-10-11-12-13-14-18-21-24-23(2,3)22-19-16-15-17-20-22;;/h15-17,19-20,24H,4-14,18,21H2,1-3H3;2*1H/p-1. The molecule has 0 fully saturated rings. The van der Waals surface area contributed by atoms with Crippen molar-refractivity contribution < 1.29 is 30.1 Å². The maximum absolute atomic E-state index is 2.51. The van der Waals surface area contributed by atoms with Crippen molar-refractivity contribution in [2.75, 3.05) is 6.54 Å². The fraction of sp³-hybridized carbons (Fsp3) is 0.739. The number of unbranched alkanes of at least 4 members (excludes halogenated alkanes) is 11. The van der Waals surface area contributed by atoms with Crippen LogP contribution in [0.2, 0.25) is 0 Å². The van der Waals surface area contributed by atoms with Gasteiger partial charge in [0, 0.05) is 5.56 Å². The van der Waals surface area contributed by atoms with Crippen LogP contribution in [0.3, 0.4) is 0 Å². The summed E-state index contributed by atoms with van der Waals surface area (Å²) in [6.45, 7) is 8.21. The Bertz CT molecular complexity index is 392. The molecule has 0 aromatic heterocycles. The Kier molecular flexibility index (Phi) is 19.5. The lowest BCUT2D eigenvalue weighted by Crippen LogP contribution is -3.00. The first-order valence-corrected chi connectivity index (χ1v) is 10.6. The van der Waals surface area contributed by atoms with E-state index in [1.165, 1.54) is 89.2 Å². The summed E-state index contributed by atoms with van der Waals surface area (Å²) in [5, 5.41) is 2.51. The van der Waals surface area contributed by atoms with Crippen molar-refractivity contribution in [2.45, 2.75) is 103 Å². The molecule has 0 heterocycles. The maximum atomic E-state index is 2.51. The molecule has 1 rings (SSSR count). The van der Waals surface area contributed by atoms with Gasteiger partial charge < -0.3 is 30.1 Å². The summed E-state index contributed by atoms with van der Waals surface area (Å²) in [5.74, 6) is 0. The first kappa shape index (κ1) is 28.0. The predicted octanol–water partition coefficient (Wildman–Crippen LogP) is 0.194. The summed E-state index contributed by atoms with van der Waals surface area (Å²) in [4.78, 5) is 0. The first-order valence-electron chi connectivity index (χ1n) is 10.6. The van der Waals surface area contributed by atoms with Gasteiger partial charge in [0.15, 0.2) is 0 Å². The van der Waals surface area contributed by atoms with Gasteiger partial charge in [0.1, 0.15) is 5.54 Å². The molecule has 0 saturated carbocycles. The quantitative estimate of drug-likeness (QED) is 0.403. The molecule has 26 heavy (non-hydrogen) atoms. The normalized spacial score (nSPS) is 10.9. The molecule has 3 heteroatoms. The lowest BCUT2D eigenvalue weighted by atomic mass is 9.94. The van der Waals surface area contributed by atoms with Crippen molar-refractivity contribution in [3.05, 3.63) is 35.9 Å². The van der Waals surface area contributed by atoms with Crippen LogP contribution >= 0.6 is 0 Å². The van der Waals surface area contributed by atoms with Gasteiger partial charge in [-0.3, -0.25) is 0 Å². The minimum Gasteiger partial charge on any atom is -1.00 e. The number of nitrogens with two attached hydrogens (primary N) is 1. The van der Waals surface area contributed by atoms with E-state index in [9.17, 15) is 0 Å². The second-order valence-corrected chi connectivity index (χ2v) is 7.97. The molecule has 0 radical (unpaired) electrons. The number of halogens is 2. The van der Waals surface area contributed by atoms with Crippen LogP contribution in [0.4, 0.5) is 0 Å². The van der Waals surface area contributed by atoms with Crippen molar-refractivity contribution in [1.82, 2.24) is 0 Å². The molecule has 154 valence electrons. The van der Waals surface area contributed by atoms with E-state index in [1.54, 1.807) is 0 Å². The van der Waals surface area contributed by atoms with E-state index in [2.05, 4.69) is 56.4 Å². The molecule has 0 aliphatic carbocycles. The average molecular weight is 404 g/mol. The van der Waals surface area contributed by atoms with E-state index in [1.807, 2.05) is 0 Å². The Morgan fingerprint density at radius 2 is 1.08 bits per heavy atom. The summed E-state index contributed by atoms with van der Waals surface area (Å²) in [6.07, 6.45) is 17.2. The lowest BCUT2D eigenvalue weighted by molar-refractivity contribution is -0.729. The fourth-order valence-corrected chi connectivity index (χ4v) is 3.43. The molecule has 0 bridgehead atoms. The third-order valence-electron chi connectivity index (χ3n) is 5.23. The second kappa shape index (κ2) is 18.1. The maximum Gasteiger partial charge on any atom is 0.116 e. The molecule has 1 nitrogen and oxygen atoms in total. The molecular formula is C23H42Cl2N-. The second-order valence-electron chi connectivity index (χ2n) is 7.97. The van der Waals surface area contributed by atoms with Gasteiger partial charge >= 0.3 is 0 Å². The highest BCUT2D eigenvalue weighted by Gasteiger charge is 2.22. The molecule has 0 aliphatic heterocycles. The van der Waals surface area contributed by atoms with Crippen molar-refractivity contribution >= 4 is 0 Å². The van der Waals surface area contributed by atoms with Crippen LogP contribution in [0, 0.1) is 0 Å². The Hall–Kier alpha value is -0.240. The largest absolute Gasteiger partial charge is 1.00 e. The van der Waals surface area contributed by atoms with E-state index in [0.29, 0.717) is 0 Å². The summed E-state index contributed by atoms with van der Waals surface area (Å²) in [7, 11) is 0. The van der Waals surface area contributed by atoms with Crippen LogP contribution in [0.25, 0.3) is 0 Å². The summed E-state index contributed by atoms with van der Waals surface area (Å²) >= 11 is 0. The lowest BCUT2D eigenvalue weighted by Gasteiger charge is -2.23. The minimum absolute atomic E-state index is 0. The molecule has 0 unspecified atom stereocenters. The summed E-state index contributed by atoms with van der Waals surface area (Å²) in [6, 6.07) is 10.9. The zero-order valence-electron chi connectivity index (χ0n) is 17.4. The van der Waals surface area contributed by atoms with Gasteiger partial charge in [0.2, 0.25) is 0 Å².